The van der Waals surface area contributed by atoms with Crippen LogP contribution in [-0.2, 0) is 24.1 Å². The Hall–Kier alpha value is -3.31. The molecule has 1 fully saturated rings. The molecular formula is C20H21N5O5S. The summed E-state index contributed by atoms with van der Waals surface area (Å²) in [6, 6.07) is 6.57. The van der Waals surface area contributed by atoms with E-state index in [1.54, 1.807) is 28.8 Å². The average molecular weight is 443 g/mol. The number of anilines is 1. The van der Waals surface area contributed by atoms with Gasteiger partial charge in [0.15, 0.2) is 27.5 Å². The third-order valence-electron chi connectivity index (χ3n) is 4.90. The van der Waals surface area contributed by atoms with Gasteiger partial charge in [-0.05, 0) is 25.1 Å². The molecule has 0 bridgehead atoms. The van der Waals surface area contributed by atoms with E-state index in [0.717, 1.165) is 11.0 Å². The summed E-state index contributed by atoms with van der Waals surface area (Å²) in [7, 11) is -3.64. The van der Waals surface area contributed by atoms with Crippen molar-refractivity contribution >= 4 is 32.8 Å². The van der Waals surface area contributed by atoms with E-state index in [2.05, 4.69) is 15.0 Å². The van der Waals surface area contributed by atoms with E-state index in [9.17, 15) is 13.2 Å². The Morgan fingerprint density at radius 1 is 1.26 bits per heavy atom. The first-order valence-electron chi connectivity index (χ1n) is 9.50. The number of ether oxygens (including phenoxy) is 2. The van der Waals surface area contributed by atoms with Crippen molar-refractivity contribution in [1.29, 1.82) is 0 Å². The monoisotopic (exact) mass is 443 g/mol. The molecule has 0 saturated carbocycles. The zero-order valence-electron chi connectivity index (χ0n) is 16.9. The molecule has 10 nitrogen and oxygen atoms in total. The molecule has 1 aromatic carbocycles. The van der Waals surface area contributed by atoms with Gasteiger partial charge in [-0.25, -0.2) is 23.4 Å². The molecule has 4 rings (SSSR count). The van der Waals surface area contributed by atoms with Crippen molar-refractivity contribution in [3.63, 3.8) is 0 Å². The highest BCUT2D eigenvalue weighted by Gasteiger charge is 2.39. The smallest absolute Gasteiger partial charge is 0.303 e. The van der Waals surface area contributed by atoms with Crippen LogP contribution in [0.25, 0.3) is 11.2 Å². The lowest BCUT2D eigenvalue weighted by molar-refractivity contribution is -0.151. The third-order valence-corrected chi connectivity index (χ3v) is 6.34. The molecule has 3 aromatic rings. The van der Waals surface area contributed by atoms with Crippen LogP contribution >= 0.6 is 0 Å². The number of aromatic nitrogens is 4. The van der Waals surface area contributed by atoms with Gasteiger partial charge in [-0.1, -0.05) is 17.7 Å². The zero-order chi connectivity index (χ0) is 22.2. The highest BCUT2D eigenvalue weighted by molar-refractivity contribution is 7.94. The van der Waals surface area contributed by atoms with E-state index < -0.39 is 34.2 Å². The lowest BCUT2D eigenvalue weighted by atomic mass is 10.2. The number of nitrogens with two attached hydrogens (primary N) is 1. The molecule has 0 radical (unpaired) electrons. The molecule has 3 heterocycles. The number of fused-ring (bicyclic) bond motifs is 1. The summed E-state index contributed by atoms with van der Waals surface area (Å²) in [5, 5.41) is 1.11. The second-order valence-corrected chi connectivity index (χ2v) is 9.05. The summed E-state index contributed by atoms with van der Waals surface area (Å²) >= 11 is 0. The van der Waals surface area contributed by atoms with Gasteiger partial charge < -0.3 is 15.2 Å². The number of hydrogen-bond acceptors (Lipinski definition) is 9. The van der Waals surface area contributed by atoms with E-state index in [1.807, 2.05) is 6.92 Å². The molecule has 2 N–H and O–H groups in total. The van der Waals surface area contributed by atoms with Crippen LogP contribution in [0.3, 0.4) is 0 Å². The minimum atomic E-state index is -3.64. The number of benzene rings is 1. The van der Waals surface area contributed by atoms with Crippen LogP contribution in [0.2, 0.25) is 0 Å². The number of imidazole rings is 1. The molecule has 0 spiro atoms. The molecule has 0 amide bonds. The summed E-state index contributed by atoms with van der Waals surface area (Å²) in [6.45, 7) is 3.18. The van der Waals surface area contributed by atoms with E-state index in [-0.39, 0.29) is 17.1 Å². The van der Waals surface area contributed by atoms with Crippen molar-refractivity contribution in [2.24, 2.45) is 0 Å². The minimum absolute atomic E-state index is 0.188. The number of carbonyl (C=O) groups is 1. The maximum Gasteiger partial charge on any atom is 0.303 e. The normalized spacial score (nSPS) is 21.7. The number of sulfone groups is 1. The van der Waals surface area contributed by atoms with E-state index in [4.69, 9.17) is 15.2 Å². The number of nitrogen functional groups attached to an aromatic ring is 1. The third kappa shape index (κ3) is 4.28. The number of rotatable bonds is 5. The number of carbonyl (C=O) groups excluding carboxylic acids is 1. The summed E-state index contributed by atoms with van der Waals surface area (Å²) in [6.07, 6.45) is 2.48. The van der Waals surface area contributed by atoms with E-state index in [1.165, 1.54) is 25.7 Å². The first kappa shape index (κ1) is 20.9. The molecule has 0 aliphatic carbocycles. The van der Waals surface area contributed by atoms with Gasteiger partial charge in [0.05, 0.1) is 17.3 Å². The fourth-order valence-electron chi connectivity index (χ4n) is 3.41. The highest BCUT2D eigenvalue weighted by atomic mass is 32.2. The lowest BCUT2D eigenvalue weighted by Gasteiger charge is -2.19. The van der Waals surface area contributed by atoms with Crippen molar-refractivity contribution in [2.75, 3.05) is 5.73 Å². The van der Waals surface area contributed by atoms with Crippen LogP contribution in [0.1, 0.15) is 25.1 Å². The van der Waals surface area contributed by atoms with Crippen molar-refractivity contribution in [3.05, 3.63) is 54.0 Å². The first-order chi connectivity index (χ1) is 14.7. The van der Waals surface area contributed by atoms with Gasteiger partial charge in [0.1, 0.15) is 17.9 Å². The molecule has 2 aromatic heterocycles. The van der Waals surface area contributed by atoms with Crippen LogP contribution in [0.5, 0.6) is 0 Å². The Morgan fingerprint density at radius 3 is 2.71 bits per heavy atom. The number of nitrogens with zero attached hydrogens (tertiary/aromatic N) is 4. The average Bonchev–Trinajstić information content (AvgIpc) is 3.31. The van der Waals surface area contributed by atoms with Gasteiger partial charge in [-0.3, -0.25) is 9.36 Å². The molecule has 3 atom stereocenters. The summed E-state index contributed by atoms with van der Waals surface area (Å²) in [5.74, 6) is -0.263. The highest BCUT2D eigenvalue weighted by Crippen LogP contribution is 2.34. The Kier molecular flexibility index (Phi) is 5.46. The molecule has 0 unspecified atom stereocenters. The molecule has 1 saturated heterocycles. The van der Waals surface area contributed by atoms with Crippen molar-refractivity contribution in [3.8, 4) is 0 Å². The predicted molar refractivity (Wildman–Crippen MR) is 111 cm³/mol. The second kappa shape index (κ2) is 8.08. The second-order valence-electron chi connectivity index (χ2n) is 7.22. The first-order valence-corrected chi connectivity index (χ1v) is 11.0. The van der Waals surface area contributed by atoms with Crippen molar-refractivity contribution in [1.82, 2.24) is 19.5 Å². The quantitative estimate of drug-likeness (QED) is 0.586. The molecule has 162 valence electrons. The summed E-state index contributed by atoms with van der Waals surface area (Å²) in [5.41, 5.74) is 7.62. The standard InChI is InChI=1S/C20H21N5O5S/c1-12-3-5-15(6-4-12)31(27,28)8-7-14-9-16(29-13(2)26)20(30-14)25-11-24-17-18(21)22-10-23-19(17)25/h3-8,10-11,14,16,20H,9H2,1-2H3,(H2,21,22,23)/b8-7+/t14-,16-,20-/m1/s1. The van der Waals surface area contributed by atoms with Crippen molar-refractivity contribution in [2.45, 2.75) is 43.6 Å². The SMILES string of the molecule is CC(=O)O[C@@H]1C[C@@H](/C=C/S(=O)(=O)c2ccc(C)cc2)O[C@H]1n1cnc2c(N)ncnc21. The summed E-state index contributed by atoms with van der Waals surface area (Å²) < 4.78 is 38.2. The van der Waals surface area contributed by atoms with Gasteiger partial charge in [0.25, 0.3) is 0 Å². The van der Waals surface area contributed by atoms with Gasteiger partial charge in [-0.15, -0.1) is 0 Å². The van der Waals surface area contributed by atoms with Crippen LogP contribution in [0, 0.1) is 6.92 Å². The Balaban J connectivity index is 1.61. The van der Waals surface area contributed by atoms with Crippen LogP contribution < -0.4 is 5.73 Å². The summed E-state index contributed by atoms with van der Waals surface area (Å²) in [4.78, 5) is 24.1. The van der Waals surface area contributed by atoms with Crippen LogP contribution in [0.4, 0.5) is 5.82 Å². The molecular weight excluding hydrogens is 422 g/mol. The number of aryl methyl sites for hydroxylation is 1. The largest absolute Gasteiger partial charge is 0.458 e. The van der Waals surface area contributed by atoms with E-state index >= 15 is 0 Å². The van der Waals surface area contributed by atoms with Gasteiger partial charge in [-0.2, -0.15) is 0 Å². The zero-order valence-corrected chi connectivity index (χ0v) is 17.7. The van der Waals surface area contributed by atoms with Crippen molar-refractivity contribution < 1.29 is 22.7 Å². The van der Waals surface area contributed by atoms with Gasteiger partial charge in [0, 0.05) is 18.8 Å². The van der Waals surface area contributed by atoms with Crippen LogP contribution in [-0.4, -0.2) is 46.1 Å². The van der Waals surface area contributed by atoms with Crippen LogP contribution in [0.15, 0.2) is 53.3 Å². The predicted octanol–water partition coefficient (Wildman–Crippen LogP) is 1.92. The van der Waals surface area contributed by atoms with E-state index in [0.29, 0.717) is 11.2 Å². The molecule has 1 aliphatic rings. The number of hydrogen-bond donors (Lipinski definition) is 1. The fourth-order valence-corrected chi connectivity index (χ4v) is 4.46. The number of esters is 1. The lowest BCUT2D eigenvalue weighted by Crippen LogP contribution is -2.24. The molecule has 1 aliphatic heterocycles. The Bertz CT molecular complexity index is 1250. The fraction of sp³-hybridized carbons (Fsp3) is 0.300. The maximum absolute atomic E-state index is 12.6. The molecule has 31 heavy (non-hydrogen) atoms. The maximum atomic E-state index is 12.6. The minimum Gasteiger partial charge on any atom is -0.458 e. The van der Waals surface area contributed by atoms with Gasteiger partial charge in [0.2, 0.25) is 0 Å². The Morgan fingerprint density at radius 2 is 2.00 bits per heavy atom. The molecule has 11 heteroatoms. The Labute approximate surface area is 178 Å². The van der Waals surface area contributed by atoms with Gasteiger partial charge >= 0.3 is 5.97 Å². The topological polar surface area (TPSA) is 139 Å².